The van der Waals surface area contributed by atoms with Crippen molar-refractivity contribution >= 4 is 23.2 Å². The van der Waals surface area contributed by atoms with Gasteiger partial charge in [0, 0.05) is 50.9 Å². The van der Waals surface area contributed by atoms with E-state index in [1.165, 1.54) is 6.92 Å². The van der Waals surface area contributed by atoms with E-state index in [0.29, 0.717) is 6.42 Å². The molecule has 1 aromatic carbocycles. The predicted octanol–water partition coefficient (Wildman–Crippen LogP) is 2.73. The minimum Gasteiger partial charge on any atom is -0.368 e. The number of rotatable bonds is 3. The second-order valence-corrected chi connectivity index (χ2v) is 7.33. The van der Waals surface area contributed by atoms with Gasteiger partial charge in [-0.15, -0.1) is 0 Å². The topological polar surface area (TPSA) is 52.7 Å². The number of carbonyl (C=O) groups excluding carboxylic acids is 2. The number of nitrogens with one attached hydrogen (secondary N) is 1. The molecular weight excluding hydrogens is 290 g/mol. The zero-order chi connectivity index (χ0) is 17.0. The lowest BCUT2D eigenvalue weighted by atomic mass is 9.91. The average Bonchev–Trinajstić information content (AvgIpc) is 2.46. The normalized spacial score (nSPS) is 15.5. The molecule has 2 amide bonds. The summed E-state index contributed by atoms with van der Waals surface area (Å²) in [5.41, 5.74) is 1.97. The fourth-order valence-electron chi connectivity index (χ4n) is 2.74. The summed E-state index contributed by atoms with van der Waals surface area (Å²) in [7, 11) is 0. The van der Waals surface area contributed by atoms with Crippen LogP contribution in [0.4, 0.5) is 11.4 Å². The molecule has 1 N–H and O–H groups in total. The van der Waals surface area contributed by atoms with Gasteiger partial charge in [0.15, 0.2) is 0 Å². The minimum absolute atomic E-state index is 0.0355. The van der Waals surface area contributed by atoms with Crippen LogP contribution >= 0.6 is 0 Å². The molecule has 2 rings (SSSR count). The van der Waals surface area contributed by atoms with Crippen molar-refractivity contribution in [1.29, 1.82) is 0 Å². The van der Waals surface area contributed by atoms with Crippen LogP contribution in [0.3, 0.4) is 0 Å². The number of benzene rings is 1. The fourth-order valence-corrected chi connectivity index (χ4v) is 2.74. The van der Waals surface area contributed by atoms with Crippen molar-refractivity contribution in [3.63, 3.8) is 0 Å². The summed E-state index contributed by atoms with van der Waals surface area (Å²) < 4.78 is 0. The van der Waals surface area contributed by atoms with Gasteiger partial charge in [0.2, 0.25) is 11.8 Å². The van der Waals surface area contributed by atoms with Gasteiger partial charge >= 0.3 is 0 Å². The molecule has 0 bridgehead atoms. The molecule has 0 unspecified atom stereocenters. The first-order chi connectivity index (χ1) is 10.7. The van der Waals surface area contributed by atoms with Crippen LogP contribution in [0.5, 0.6) is 0 Å². The Bertz CT molecular complexity index is 553. The monoisotopic (exact) mass is 317 g/mol. The molecule has 0 saturated carbocycles. The second kappa shape index (κ2) is 7.02. The van der Waals surface area contributed by atoms with Crippen molar-refractivity contribution in [3.05, 3.63) is 24.3 Å². The molecule has 1 aliphatic rings. The molecular formula is C18H27N3O2. The summed E-state index contributed by atoms with van der Waals surface area (Å²) >= 11 is 0. The van der Waals surface area contributed by atoms with E-state index in [4.69, 9.17) is 0 Å². The molecule has 5 heteroatoms. The van der Waals surface area contributed by atoms with Crippen LogP contribution in [0.15, 0.2) is 24.3 Å². The van der Waals surface area contributed by atoms with Crippen LogP contribution in [0.1, 0.15) is 34.1 Å². The van der Waals surface area contributed by atoms with E-state index >= 15 is 0 Å². The SMILES string of the molecule is CC(=O)Nc1ccc(N2CCN(C(=O)CC(C)(C)C)CC2)cc1. The molecule has 1 heterocycles. The maximum atomic E-state index is 12.3. The highest BCUT2D eigenvalue weighted by Gasteiger charge is 2.24. The van der Waals surface area contributed by atoms with Crippen LogP contribution < -0.4 is 10.2 Å². The van der Waals surface area contributed by atoms with E-state index in [2.05, 4.69) is 31.0 Å². The number of hydrogen-bond acceptors (Lipinski definition) is 3. The van der Waals surface area contributed by atoms with Gasteiger partial charge in [0.25, 0.3) is 0 Å². The third-order valence-electron chi connectivity index (χ3n) is 3.87. The van der Waals surface area contributed by atoms with Crippen molar-refractivity contribution in [2.45, 2.75) is 34.1 Å². The van der Waals surface area contributed by atoms with Gasteiger partial charge in [-0.05, 0) is 29.7 Å². The highest BCUT2D eigenvalue weighted by molar-refractivity contribution is 5.88. The standard InChI is InChI=1S/C18H27N3O2/c1-14(22)19-15-5-7-16(8-6-15)20-9-11-21(12-10-20)17(23)13-18(2,3)4/h5-8H,9-13H2,1-4H3,(H,19,22). The molecule has 1 saturated heterocycles. The van der Waals surface area contributed by atoms with Crippen molar-refractivity contribution in [2.75, 3.05) is 36.4 Å². The average molecular weight is 317 g/mol. The van der Waals surface area contributed by atoms with Crippen LogP contribution in [-0.4, -0.2) is 42.9 Å². The lowest BCUT2D eigenvalue weighted by molar-refractivity contribution is -0.133. The van der Waals surface area contributed by atoms with Crippen molar-refractivity contribution < 1.29 is 9.59 Å². The Hall–Kier alpha value is -2.04. The fraction of sp³-hybridized carbons (Fsp3) is 0.556. The quantitative estimate of drug-likeness (QED) is 0.932. The number of amides is 2. The molecule has 23 heavy (non-hydrogen) atoms. The van der Waals surface area contributed by atoms with Crippen LogP contribution in [0, 0.1) is 5.41 Å². The Labute approximate surface area is 138 Å². The summed E-state index contributed by atoms with van der Waals surface area (Å²) in [6.45, 7) is 11.0. The van der Waals surface area contributed by atoms with Gasteiger partial charge in [0.05, 0.1) is 0 Å². The smallest absolute Gasteiger partial charge is 0.223 e. The van der Waals surface area contributed by atoms with E-state index in [1.54, 1.807) is 0 Å². The maximum Gasteiger partial charge on any atom is 0.223 e. The van der Waals surface area contributed by atoms with Crippen molar-refractivity contribution in [3.8, 4) is 0 Å². The van der Waals surface area contributed by atoms with Gasteiger partial charge < -0.3 is 15.1 Å². The number of nitrogens with zero attached hydrogens (tertiary/aromatic N) is 2. The molecule has 0 atom stereocenters. The zero-order valence-corrected chi connectivity index (χ0v) is 14.6. The lowest BCUT2D eigenvalue weighted by Gasteiger charge is -2.37. The van der Waals surface area contributed by atoms with Gasteiger partial charge in [-0.3, -0.25) is 9.59 Å². The molecule has 1 aliphatic heterocycles. The maximum absolute atomic E-state index is 12.3. The molecule has 0 spiro atoms. The second-order valence-electron chi connectivity index (χ2n) is 7.33. The van der Waals surface area contributed by atoms with Gasteiger partial charge in [-0.25, -0.2) is 0 Å². The summed E-state index contributed by atoms with van der Waals surface area (Å²) in [6, 6.07) is 7.84. The van der Waals surface area contributed by atoms with Gasteiger partial charge in [-0.1, -0.05) is 20.8 Å². The van der Waals surface area contributed by atoms with E-state index < -0.39 is 0 Å². The third-order valence-corrected chi connectivity index (χ3v) is 3.87. The minimum atomic E-state index is -0.0660. The first kappa shape index (κ1) is 17.3. The number of anilines is 2. The number of piperazine rings is 1. The highest BCUT2D eigenvalue weighted by atomic mass is 16.2. The van der Waals surface area contributed by atoms with E-state index in [9.17, 15) is 9.59 Å². The summed E-state index contributed by atoms with van der Waals surface area (Å²) in [5, 5.41) is 2.77. The molecule has 0 aromatic heterocycles. The molecule has 1 fully saturated rings. The Morgan fingerprint density at radius 3 is 2.09 bits per heavy atom. The first-order valence-electron chi connectivity index (χ1n) is 8.15. The van der Waals surface area contributed by atoms with Crippen LogP contribution in [0.2, 0.25) is 0 Å². The van der Waals surface area contributed by atoms with Crippen molar-refractivity contribution in [2.24, 2.45) is 5.41 Å². The number of carbonyl (C=O) groups is 2. The summed E-state index contributed by atoms with van der Waals surface area (Å²) in [5.74, 6) is 0.182. The largest absolute Gasteiger partial charge is 0.368 e. The number of hydrogen-bond donors (Lipinski definition) is 1. The Kier molecular flexibility index (Phi) is 5.29. The van der Waals surface area contributed by atoms with E-state index in [1.807, 2.05) is 29.2 Å². The van der Waals surface area contributed by atoms with Gasteiger partial charge in [-0.2, -0.15) is 0 Å². The molecule has 0 aliphatic carbocycles. The Morgan fingerprint density at radius 1 is 1.04 bits per heavy atom. The molecule has 126 valence electrons. The van der Waals surface area contributed by atoms with Gasteiger partial charge in [0.1, 0.15) is 0 Å². The highest BCUT2D eigenvalue weighted by Crippen LogP contribution is 2.22. The van der Waals surface area contributed by atoms with E-state index in [-0.39, 0.29) is 17.2 Å². The molecule has 5 nitrogen and oxygen atoms in total. The Morgan fingerprint density at radius 2 is 1.61 bits per heavy atom. The third kappa shape index (κ3) is 5.27. The molecule has 0 radical (unpaired) electrons. The first-order valence-corrected chi connectivity index (χ1v) is 8.15. The lowest BCUT2D eigenvalue weighted by Crippen LogP contribution is -2.49. The summed E-state index contributed by atoms with van der Waals surface area (Å²) in [4.78, 5) is 27.6. The van der Waals surface area contributed by atoms with Crippen LogP contribution in [0.25, 0.3) is 0 Å². The summed E-state index contributed by atoms with van der Waals surface area (Å²) in [6.07, 6.45) is 0.596. The van der Waals surface area contributed by atoms with E-state index in [0.717, 1.165) is 37.6 Å². The predicted molar refractivity (Wildman–Crippen MR) is 93.6 cm³/mol. The zero-order valence-electron chi connectivity index (χ0n) is 14.6. The van der Waals surface area contributed by atoms with Crippen molar-refractivity contribution in [1.82, 2.24) is 4.90 Å². The Balaban J connectivity index is 1.89. The van der Waals surface area contributed by atoms with Crippen LogP contribution in [-0.2, 0) is 9.59 Å². The molecule has 1 aromatic rings.